The van der Waals surface area contributed by atoms with Crippen LogP contribution in [0.4, 0.5) is 0 Å². The summed E-state index contributed by atoms with van der Waals surface area (Å²) in [6.45, 7) is 0. The molecule has 0 unspecified atom stereocenters. The van der Waals surface area contributed by atoms with Crippen LogP contribution in [-0.2, 0) is 4.79 Å². The fourth-order valence-electron chi connectivity index (χ4n) is 4.83. The minimum Gasteiger partial charge on any atom is -0.481 e. The van der Waals surface area contributed by atoms with Crippen LogP contribution < -0.4 is 0 Å². The Morgan fingerprint density at radius 1 is 0.594 bits per heavy atom. The van der Waals surface area contributed by atoms with Gasteiger partial charge in [0.05, 0.1) is 5.92 Å². The molecule has 0 bridgehead atoms. The lowest BCUT2D eigenvalue weighted by molar-refractivity contribution is -0.139. The molecule has 2 heteroatoms. The highest BCUT2D eigenvalue weighted by atomic mass is 16.4. The van der Waals surface area contributed by atoms with E-state index in [2.05, 4.69) is 72.8 Å². The third-order valence-electron chi connectivity index (χ3n) is 6.37. The fraction of sp³-hybridized carbons (Fsp3) is 0.100. The number of aliphatic carboxylic acids is 1. The third kappa shape index (κ3) is 3.76. The molecule has 0 aliphatic heterocycles. The molecular weight excluding hydrogens is 392 g/mol. The quantitative estimate of drug-likeness (QED) is 0.313. The first-order chi connectivity index (χ1) is 15.7. The normalized spacial score (nSPS) is 12.3. The van der Waals surface area contributed by atoms with Gasteiger partial charge in [-0.1, -0.05) is 115 Å². The van der Waals surface area contributed by atoms with E-state index in [9.17, 15) is 9.90 Å². The number of carboxylic acid groups (broad SMARTS) is 1. The Bertz CT molecular complexity index is 1300. The lowest BCUT2D eigenvalue weighted by Crippen LogP contribution is -2.16. The van der Waals surface area contributed by atoms with E-state index in [0.29, 0.717) is 6.42 Å². The summed E-state index contributed by atoms with van der Waals surface area (Å²) in [5, 5.41) is 14.9. The van der Waals surface area contributed by atoms with E-state index in [-0.39, 0.29) is 5.92 Å². The van der Waals surface area contributed by atoms with Crippen LogP contribution >= 0.6 is 0 Å². The van der Waals surface area contributed by atoms with Crippen LogP contribution in [0.5, 0.6) is 0 Å². The number of hydrogen-bond donors (Lipinski definition) is 1. The van der Waals surface area contributed by atoms with Crippen LogP contribution in [0.25, 0.3) is 21.5 Å². The first-order valence-corrected chi connectivity index (χ1v) is 11.0. The molecular formula is C30H24O2. The van der Waals surface area contributed by atoms with Crippen LogP contribution in [-0.4, -0.2) is 11.1 Å². The maximum atomic E-state index is 12.4. The van der Waals surface area contributed by atoms with Gasteiger partial charge in [0.1, 0.15) is 0 Å². The van der Waals surface area contributed by atoms with E-state index in [1.807, 2.05) is 42.5 Å². The molecule has 1 N–H and O–H groups in total. The number of carboxylic acids is 1. The summed E-state index contributed by atoms with van der Waals surface area (Å²) >= 11 is 0. The number of rotatable bonds is 6. The maximum Gasteiger partial charge on any atom is 0.311 e. The molecule has 0 saturated carbocycles. The highest BCUT2D eigenvalue weighted by Crippen LogP contribution is 2.40. The van der Waals surface area contributed by atoms with E-state index >= 15 is 0 Å². The molecule has 0 amide bonds. The molecule has 5 aromatic carbocycles. The Balaban J connectivity index is 1.73. The van der Waals surface area contributed by atoms with E-state index in [0.717, 1.165) is 5.56 Å². The molecule has 0 aliphatic carbocycles. The highest BCUT2D eigenvalue weighted by Gasteiger charge is 2.28. The van der Waals surface area contributed by atoms with Gasteiger partial charge in [0.2, 0.25) is 0 Å². The molecule has 1 atom stereocenters. The molecule has 0 heterocycles. The Morgan fingerprint density at radius 3 is 1.59 bits per heavy atom. The monoisotopic (exact) mass is 416 g/mol. The van der Waals surface area contributed by atoms with Crippen LogP contribution in [0.1, 0.15) is 34.9 Å². The lowest BCUT2D eigenvalue weighted by Gasteiger charge is -2.25. The largest absolute Gasteiger partial charge is 0.481 e. The van der Waals surface area contributed by atoms with Gasteiger partial charge < -0.3 is 5.11 Å². The smallest absolute Gasteiger partial charge is 0.311 e. The highest BCUT2D eigenvalue weighted by molar-refractivity contribution is 5.90. The second kappa shape index (κ2) is 8.68. The van der Waals surface area contributed by atoms with Crippen molar-refractivity contribution in [2.24, 2.45) is 0 Å². The van der Waals surface area contributed by atoms with Gasteiger partial charge >= 0.3 is 5.97 Å². The summed E-state index contributed by atoms with van der Waals surface area (Å²) in [6, 6.07) is 39.0. The van der Waals surface area contributed by atoms with Gasteiger partial charge in [-0.15, -0.1) is 0 Å². The molecule has 5 aromatic rings. The minimum absolute atomic E-state index is 0.0616. The maximum absolute atomic E-state index is 12.4. The molecule has 32 heavy (non-hydrogen) atoms. The molecule has 0 fully saturated rings. The fourth-order valence-corrected chi connectivity index (χ4v) is 4.83. The van der Waals surface area contributed by atoms with E-state index < -0.39 is 11.9 Å². The number of fused-ring (bicyclic) bond motifs is 2. The molecule has 0 saturated heterocycles. The minimum atomic E-state index is -0.790. The van der Waals surface area contributed by atoms with Crippen LogP contribution in [0.15, 0.2) is 115 Å². The summed E-state index contributed by atoms with van der Waals surface area (Å²) in [6.07, 6.45) is 0.487. The zero-order chi connectivity index (χ0) is 21.9. The number of benzene rings is 5. The van der Waals surface area contributed by atoms with Crippen molar-refractivity contribution in [3.8, 4) is 0 Å². The van der Waals surface area contributed by atoms with Crippen molar-refractivity contribution in [2.75, 3.05) is 0 Å². The molecule has 0 aromatic heterocycles. The summed E-state index contributed by atoms with van der Waals surface area (Å²) in [5.41, 5.74) is 3.17. The van der Waals surface area contributed by atoms with Crippen molar-refractivity contribution in [1.82, 2.24) is 0 Å². The number of hydrogen-bond acceptors (Lipinski definition) is 1. The first-order valence-electron chi connectivity index (χ1n) is 11.0. The second-order valence-electron chi connectivity index (χ2n) is 8.23. The van der Waals surface area contributed by atoms with Gasteiger partial charge in [-0.05, 0) is 44.7 Å². The number of carbonyl (C=O) groups is 1. The summed E-state index contributed by atoms with van der Waals surface area (Å²) < 4.78 is 0. The first kappa shape index (κ1) is 20.0. The van der Waals surface area contributed by atoms with Gasteiger partial charge in [0.15, 0.2) is 0 Å². The average molecular weight is 417 g/mol. The van der Waals surface area contributed by atoms with Crippen LogP contribution in [0.3, 0.4) is 0 Å². The van der Waals surface area contributed by atoms with Gasteiger partial charge in [0, 0.05) is 5.92 Å². The van der Waals surface area contributed by atoms with Gasteiger partial charge in [0.25, 0.3) is 0 Å². The van der Waals surface area contributed by atoms with E-state index in [4.69, 9.17) is 0 Å². The molecule has 156 valence electrons. The Morgan fingerprint density at radius 2 is 1.06 bits per heavy atom. The predicted molar refractivity (Wildman–Crippen MR) is 131 cm³/mol. The third-order valence-corrected chi connectivity index (χ3v) is 6.37. The molecule has 2 nitrogen and oxygen atoms in total. The van der Waals surface area contributed by atoms with Gasteiger partial charge in [-0.2, -0.15) is 0 Å². The van der Waals surface area contributed by atoms with Crippen LogP contribution in [0.2, 0.25) is 0 Å². The van der Waals surface area contributed by atoms with Crippen LogP contribution in [0, 0.1) is 0 Å². The zero-order valence-corrected chi connectivity index (χ0v) is 17.7. The van der Waals surface area contributed by atoms with Crippen molar-refractivity contribution >= 4 is 27.5 Å². The standard InChI is InChI=1S/C30H24O2/c31-30(32)28(23-10-2-1-3-11-23)20-29(26-18-8-14-21-12-4-6-16-24(21)26)27-19-9-15-22-13-5-7-17-25(22)27/h1-19,28-29H,20H2,(H,31,32)/t28-/m1/s1. The summed E-state index contributed by atoms with van der Waals surface area (Å²) in [5.74, 6) is -1.45. The molecule has 0 aliphatic rings. The molecule has 0 radical (unpaired) electrons. The van der Waals surface area contributed by atoms with Gasteiger partial charge in [-0.25, -0.2) is 0 Å². The second-order valence-corrected chi connectivity index (χ2v) is 8.23. The lowest BCUT2D eigenvalue weighted by atomic mass is 9.78. The molecule has 0 spiro atoms. The SMILES string of the molecule is O=C(O)[C@H](CC(c1cccc2ccccc12)c1cccc2ccccc12)c1ccccc1. The summed E-state index contributed by atoms with van der Waals surface area (Å²) in [4.78, 5) is 12.4. The zero-order valence-electron chi connectivity index (χ0n) is 17.7. The average Bonchev–Trinajstić information content (AvgIpc) is 2.85. The van der Waals surface area contributed by atoms with Crippen molar-refractivity contribution < 1.29 is 9.90 Å². The van der Waals surface area contributed by atoms with E-state index in [1.54, 1.807) is 0 Å². The predicted octanol–water partition coefficient (Wildman–Crippen LogP) is 7.38. The van der Waals surface area contributed by atoms with Crippen molar-refractivity contribution in [3.05, 3.63) is 132 Å². The van der Waals surface area contributed by atoms with E-state index in [1.165, 1.54) is 32.7 Å². The van der Waals surface area contributed by atoms with Crippen molar-refractivity contribution in [2.45, 2.75) is 18.3 Å². The Hall–Kier alpha value is -3.91. The van der Waals surface area contributed by atoms with Crippen molar-refractivity contribution in [3.63, 3.8) is 0 Å². The Kier molecular flexibility index (Phi) is 5.43. The topological polar surface area (TPSA) is 37.3 Å². The van der Waals surface area contributed by atoms with Gasteiger partial charge in [-0.3, -0.25) is 4.79 Å². The Labute approximate surface area is 187 Å². The summed E-state index contributed by atoms with van der Waals surface area (Å²) in [7, 11) is 0. The van der Waals surface area contributed by atoms with Crippen molar-refractivity contribution in [1.29, 1.82) is 0 Å². The molecule has 5 rings (SSSR count).